The van der Waals surface area contributed by atoms with Crippen LogP contribution in [0.4, 0.5) is 0 Å². The monoisotopic (exact) mass is 314 g/mol. The number of hydrogen-bond donors (Lipinski definition) is 0. The summed E-state index contributed by atoms with van der Waals surface area (Å²) in [5, 5.41) is 0. The van der Waals surface area contributed by atoms with Crippen molar-refractivity contribution in [2.45, 2.75) is 30.4 Å². The van der Waals surface area contributed by atoms with Crippen molar-refractivity contribution in [2.75, 3.05) is 0 Å². The zero-order valence-corrected chi connectivity index (χ0v) is 13.4. The summed E-state index contributed by atoms with van der Waals surface area (Å²) >= 11 is 0. The number of benzene rings is 1. The first-order valence-corrected chi connectivity index (χ1v) is 8.86. The molecule has 0 saturated heterocycles. The highest BCUT2D eigenvalue weighted by atomic mass is 32.2. The van der Waals surface area contributed by atoms with Crippen LogP contribution in [-0.2, 0) is 15.6 Å². The molecule has 0 atom stereocenters. The van der Waals surface area contributed by atoms with Crippen molar-refractivity contribution in [2.24, 2.45) is 0 Å². The molecule has 3 rings (SSSR count). The fourth-order valence-corrected chi connectivity index (χ4v) is 3.64. The van der Waals surface area contributed by atoms with E-state index >= 15 is 0 Å². The van der Waals surface area contributed by atoms with Gasteiger partial charge in [0.1, 0.15) is 5.65 Å². The molecule has 0 amide bonds. The van der Waals surface area contributed by atoms with Crippen LogP contribution in [0.25, 0.3) is 5.65 Å². The van der Waals surface area contributed by atoms with E-state index in [0.29, 0.717) is 16.5 Å². The number of hydrogen-bond acceptors (Lipinski definition) is 3. The molecule has 4 nitrogen and oxygen atoms in total. The van der Waals surface area contributed by atoms with Crippen LogP contribution in [0.5, 0.6) is 0 Å². The molecule has 0 aliphatic heterocycles. The lowest BCUT2D eigenvalue weighted by Crippen LogP contribution is -2.05. The van der Waals surface area contributed by atoms with Crippen molar-refractivity contribution in [1.82, 2.24) is 9.38 Å². The van der Waals surface area contributed by atoms with Gasteiger partial charge in [-0.25, -0.2) is 13.4 Å². The molecule has 5 heteroatoms. The van der Waals surface area contributed by atoms with Crippen LogP contribution >= 0.6 is 0 Å². The van der Waals surface area contributed by atoms with Gasteiger partial charge in [0.05, 0.1) is 16.3 Å². The fourth-order valence-electron chi connectivity index (χ4n) is 2.39. The van der Waals surface area contributed by atoms with E-state index in [2.05, 4.69) is 18.8 Å². The molecule has 0 aliphatic rings. The molecule has 1 aromatic carbocycles. The quantitative estimate of drug-likeness (QED) is 0.741. The highest BCUT2D eigenvalue weighted by Gasteiger charge is 2.17. The molecular formula is C17H18N2O2S. The molecule has 2 heterocycles. The maximum Gasteiger partial charge on any atom is 0.184 e. The summed E-state index contributed by atoms with van der Waals surface area (Å²) in [5.74, 6) is 0.297. The van der Waals surface area contributed by atoms with Crippen molar-refractivity contribution >= 4 is 15.5 Å². The third-order valence-corrected chi connectivity index (χ3v) is 5.32. The van der Waals surface area contributed by atoms with Gasteiger partial charge in [0.15, 0.2) is 9.84 Å². The zero-order valence-electron chi connectivity index (χ0n) is 12.6. The van der Waals surface area contributed by atoms with Gasteiger partial charge in [0, 0.05) is 12.4 Å². The predicted octanol–water partition coefficient (Wildman–Crippen LogP) is 3.43. The molecule has 0 unspecified atom stereocenters. The maximum absolute atomic E-state index is 12.5. The van der Waals surface area contributed by atoms with Crippen LogP contribution in [-0.4, -0.2) is 17.8 Å². The molecule has 0 N–H and O–H groups in total. The second-order valence-corrected chi connectivity index (χ2v) is 7.67. The summed E-state index contributed by atoms with van der Waals surface area (Å²) in [5.41, 5.74) is 2.44. The maximum atomic E-state index is 12.5. The van der Waals surface area contributed by atoms with Crippen molar-refractivity contribution in [3.63, 3.8) is 0 Å². The van der Waals surface area contributed by atoms with Gasteiger partial charge in [-0.3, -0.25) is 0 Å². The Balaban J connectivity index is 1.89. The lowest BCUT2D eigenvalue weighted by Gasteiger charge is -2.07. The van der Waals surface area contributed by atoms with Crippen LogP contribution in [0, 0.1) is 0 Å². The number of sulfone groups is 1. The molecule has 0 spiro atoms. The average molecular weight is 314 g/mol. The first kappa shape index (κ1) is 14.8. The average Bonchev–Trinajstić information content (AvgIpc) is 2.88. The topological polar surface area (TPSA) is 51.4 Å². The number of nitrogens with zero attached hydrogens (tertiary/aromatic N) is 2. The Morgan fingerprint density at radius 3 is 2.45 bits per heavy atom. The normalized spacial score (nSPS) is 12.1. The lowest BCUT2D eigenvalue weighted by atomic mass is 10.0. The summed E-state index contributed by atoms with van der Waals surface area (Å²) in [6.45, 7) is 4.17. The molecule has 0 saturated carbocycles. The molecule has 0 bridgehead atoms. The molecule has 3 aromatic rings. The second kappa shape index (κ2) is 5.57. The smallest absolute Gasteiger partial charge is 0.184 e. The van der Waals surface area contributed by atoms with Crippen molar-refractivity contribution in [3.8, 4) is 0 Å². The van der Waals surface area contributed by atoms with Crippen LogP contribution in [0.15, 0.2) is 59.8 Å². The third kappa shape index (κ3) is 2.90. The largest absolute Gasteiger partial charge is 0.307 e. The second-order valence-electron chi connectivity index (χ2n) is 5.68. The van der Waals surface area contributed by atoms with E-state index < -0.39 is 9.84 Å². The first-order valence-electron chi connectivity index (χ1n) is 7.21. The van der Waals surface area contributed by atoms with Gasteiger partial charge in [-0.15, -0.1) is 0 Å². The number of aromatic nitrogens is 2. The number of imidazole rings is 1. The first-order chi connectivity index (χ1) is 10.5. The van der Waals surface area contributed by atoms with E-state index in [-0.39, 0.29) is 5.75 Å². The van der Waals surface area contributed by atoms with Gasteiger partial charge in [-0.1, -0.05) is 32.0 Å². The van der Waals surface area contributed by atoms with Crippen LogP contribution in [0.1, 0.15) is 31.0 Å². The van der Waals surface area contributed by atoms with Crippen molar-refractivity contribution < 1.29 is 8.42 Å². The van der Waals surface area contributed by atoms with Gasteiger partial charge in [0.25, 0.3) is 0 Å². The lowest BCUT2D eigenvalue weighted by molar-refractivity contribution is 0.594. The van der Waals surface area contributed by atoms with Gasteiger partial charge >= 0.3 is 0 Å². The van der Waals surface area contributed by atoms with Crippen molar-refractivity contribution in [1.29, 1.82) is 0 Å². The highest BCUT2D eigenvalue weighted by Crippen LogP contribution is 2.20. The minimum absolute atomic E-state index is 0.0876. The summed E-state index contributed by atoms with van der Waals surface area (Å²) in [6.07, 6.45) is 3.62. The Labute approximate surface area is 130 Å². The van der Waals surface area contributed by atoms with E-state index in [0.717, 1.165) is 11.2 Å². The summed E-state index contributed by atoms with van der Waals surface area (Å²) in [4.78, 5) is 4.69. The van der Waals surface area contributed by atoms with Crippen LogP contribution in [0.2, 0.25) is 0 Å². The fraction of sp³-hybridized carbons (Fsp3) is 0.235. The van der Waals surface area contributed by atoms with E-state index in [1.54, 1.807) is 18.3 Å². The minimum Gasteiger partial charge on any atom is -0.307 e. The Kier molecular flexibility index (Phi) is 3.74. The summed E-state index contributed by atoms with van der Waals surface area (Å²) < 4.78 is 26.8. The SMILES string of the molecule is CC(C)c1ccc(S(=O)(=O)Cc2cn3ccccc3n2)cc1. The number of pyridine rings is 1. The molecule has 114 valence electrons. The van der Waals surface area contributed by atoms with Gasteiger partial charge in [-0.05, 0) is 35.7 Å². The molecule has 22 heavy (non-hydrogen) atoms. The summed E-state index contributed by atoms with van der Waals surface area (Å²) in [6, 6.07) is 12.7. The summed E-state index contributed by atoms with van der Waals surface area (Å²) in [7, 11) is -3.38. The zero-order chi connectivity index (χ0) is 15.7. The van der Waals surface area contributed by atoms with Crippen LogP contribution in [0.3, 0.4) is 0 Å². The molecular weight excluding hydrogens is 296 g/mol. The highest BCUT2D eigenvalue weighted by molar-refractivity contribution is 7.90. The van der Waals surface area contributed by atoms with Crippen molar-refractivity contribution in [3.05, 3.63) is 66.1 Å². The molecule has 0 fully saturated rings. The third-order valence-electron chi connectivity index (χ3n) is 3.66. The van der Waals surface area contributed by atoms with Crippen LogP contribution < -0.4 is 0 Å². The van der Waals surface area contributed by atoms with E-state index in [1.165, 1.54) is 0 Å². The molecule has 0 aliphatic carbocycles. The Hall–Kier alpha value is -2.14. The van der Waals surface area contributed by atoms with Gasteiger partial charge in [-0.2, -0.15) is 0 Å². The Morgan fingerprint density at radius 2 is 1.82 bits per heavy atom. The number of rotatable bonds is 4. The van der Waals surface area contributed by atoms with Gasteiger partial charge in [0.2, 0.25) is 0 Å². The van der Waals surface area contributed by atoms with E-state index in [1.807, 2.05) is 40.9 Å². The van der Waals surface area contributed by atoms with E-state index in [9.17, 15) is 8.42 Å². The van der Waals surface area contributed by atoms with E-state index in [4.69, 9.17) is 0 Å². The number of fused-ring (bicyclic) bond motifs is 1. The minimum atomic E-state index is -3.38. The van der Waals surface area contributed by atoms with Gasteiger partial charge < -0.3 is 4.40 Å². The predicted molar refractivity (Wildman–Crippen MR) is 86.6 cm³/mol. The Bertz CT molecular complexity index is 861. The Morgan fingerprint density at radius 1 is 1.09 bits per heavy atom. The standard InChI is InChI=1S/C17H18N2O2S/c1-13(2)14-6-8-16(9-7-14)22(20,21)12-15-11-19-10-4-3-5-17(19)18-15/h3-11,13H,12H2,1-2H3. The molecule has 0 radical (unpaired) electrons. The molecule has 2 aromatic heterocycles.